The average Bonchev–Trinajstić information content (AvgIpc) is 2.71. The van der Waals surface area contributed by atoms with E-state index in [1.807, 2.05) is 0 Å². The molecule has 0 spiro atoms. The second kappa shape index (κ2) is 7.23. The number of hydrogen-bond donors (Lipinski definition) is 1. The number of benzene rings is 2. The molecular formula is C22H17FN2O3. The van der Waals surface area contributed by atoms with Crippen LogP contribution in [0.3, 0.4) is 0 Å². The number of nitrogens with zero attached hydrogens (tertiary/aromatic N) is 2. The number of fused-ring (bicyclic) bond motifs is 1. The standard InChI is InChI=1S/C22H17FN2O3/c23-16-7-5-14(6-8-16)13-25-20(15-9-11-24-12-10-15)19(22(27)28)17-3-1-2-4-18(17)21(25)26/h1-12,19-20H,13H2,(H,27,28)/t19-,20+/m1/s1. The van der Waals surface area contributed by atoms with Gasteiger partial charge in [0, 0.05) is 24.5 Å². The van der Waals surface area contributed by atoms with Crippen molar-refractivity contribution in [1.82, 2.24) is 9.88 Å². The molecule has 0 radical (unpaired) electrons. The summed E-state index contributed by atoms with van der Waals surface area (Å²) in [5, 5.41) is 10.0. The van der Waals surface area contributed by atoms with Crippen molar-refractivity contribution >= 4 is 11.9 Å². The largest absolute Gasteiger partial charge is 0.481 e. The number of pyridine rings is 1. The number of aromatic nitrogens is 1. The highest BCUT2D eigenvalue weighted by Crippen LogP contribution is 2.43. The quantitative estimate of drug-likeness (QED) is 0.752. The van der Waals surface area contributed by atoms with Crippen LogP contribution in [0, 0.1) is 5.82 Å². The molecule has 6 heteroatoms. The summed E-state index contributed by atoms with van der Waals surface area (Å²) in [6.07, 6.45) is 3.16. The van der Waals surface area contributed by atoms with Gasteiger partial charge in [0.1, 0.15) is 11.7 Å². The summed E-state index contributed by atoms with van der Waals surface area (Å²) in [6.45, 7) is 0.171. The van der Waals surface area contributed by atoms with Crippen LogP contribution in [0.4, 0.5) is 4.39 Å². The Morgan fingerprint density at radius 2 is 1.71 bits per heavy atom. The van der Waals surface area contributed by atoms with Crippen LogP contribution in [-0.2, 0) is 11.3 Å². The van der Waals surface area contributed by atoms with E-state index in [2.05, 4.69) is 4.98 Å². The van der Waals surface area contributed by atoms with E-state index in [0.29, 0.717) is 16.7 Å². The van der Waals surface area contributed by atoms with Gasteiger partial charge in [-0.3, -0.25) is 14.6 Å². The van der Waals surface area contributed by atoms with Crippen molar-refractivity contribution in [2.45, 2.75) is 18.5 Å². The van der Waals surface area contributed by atoms with E-state index in [4.69, 9.17) is 0 Å². The Morgan fingerprint density at radius 1 is 1.04 bits per heavy atom. The minimum Gasteiger partial charge on any atom is -0.481 e. The molecule has 140 valence electrons. The number of amides is 1. The lowest BCUT2D eigenvalue weighted by molar-refractivity contribution is -0.140. The van der Waals surface area contributed by atoms with Gasteiger partial charge in [0.15, 0.2) is 0 Å². The molecule has 1 aliphatic heterocycles. The van der Waals surface area contributed by atoms with Gasteiger partial charge in [0.05, 0.1) is 6.04 Å². The predicted octanol–water partition coefficient (Wildman–Crippen LogP) is 3.79. The summed E-state index contributed by atoms with van der Waals surface area (Å²) in [4.78, 5) is 31.1. The number of carboxylic acids is 1. The first kappa shape index (κ1) is 17.9. The molecule has 28 heavy (non-hydrogen) atoms. The van der Waals surface area contributed by atoms with Gasteiger partial charge < -0.3 is 10.0 Å². The van der Waals surface area contributed by atoms with Gasteiger partial charge in [-0.1, -0.05) is 30.3 Å². The molecule has 5 nitrogen and oxygen atoms in total. The van der Waals surface area contributed by atoms with E-state index in [1.54, 1.807) is 65.8 Å². The van der Waals surface area contributed by atoms with E-state index in [9.17, 15) is 19.1 Å². The fraction of sp³-hybridized carbons (Fsp3) is 0.136. The molecule has 0 bridgehead atoms. The first-order chi connectivity index (χ1) is 13.6. The van der Waals surface area contributed by atoms with Gasteiger partial charge in [0.25, 0.3) is 5.91 Å². The fourth-order valence-electron chi connectivity index (χ4n) is 3.75. The molecule has 0 saturated carbocycles. The Kier molecular flexibility index (Phi) is 4.61. The summed E-state index contributed by atoms with van der Waals surface area (Å²) in [5.41, 5.74) is 2.28. The van der Waals surface area contributed by atoms with Crippen LogP contribution >= 0.6 is 0 Å². The summed E-state index contributed by atoms with van der Waals surface area (Å²) < 4.78 is 13.3. The third-order valence-corrected chi connectivity index (χ3v) is 5.02. The van der Waals surface area contributed by atoms with E-state index in [0.717, 1.165) is 5.56 Å². The first-order valence-corrected chi connectivity index (χ1v) is 8.83. The SMILES string of the molecule is O=C(O)[C@@H]1c2ccccc2C(=O)N(Cc2ccc(F)cc2)[C@H]1c1ccncc1. The smallest absolute Gasteiger partial charge is 0.313 e. The predicted molar refractivity (Wildman–Crippen MR) is 100 cm³/mol. The third-order valence-electron chi connectivity index (χ3n) is 5.02. The lowest BCUT2D eigenvalue weighted by Crippen LogP contribution is -2.44. The Hall–Kier alpha value is -3.54. The molecule has 0 fully saturated rings. The molecule has 1 amide bonds. The minimum absolute atomic E-state index is 0.171. The van der Waals surface area contributed by atoms with Crippen LogP contribution in [0.15, 0.2) is 73.1 Å². The van der Waals surface area contributed by atoms with Gasteiger partial charge in [-0.05, 0) is 47.0 Å². The number of carboxylic acid groups (broad SMARTS) is 1. The molecule has 0 aliphatic carbocycles. The summed E-state index contributed by atoms with van der Waals surface area (Å²) in [7, 11) is 0. The van der Waals surface area contributed by atoms with E-state index in [1.165, 1.54) is 12.1 Å². The maximum Gasteiger partial charge on any atom is 0.313 e. The molecule has 0 unspecified atom stereocenters. The van der Waals surface area contributed by atoms with Crippen molar-refractivity contribution < 1.29 is 19.1 Å². The minimum atomic E-state index is -1.01. The zero-order valence-corrected chi connectivity index (χ0v) is 14.8. The highest BCUT2D eigenvalue weighted by Gasteiger charge is 2.44. The molecule has 4 rings (SSSR count). The van der Waals surface area contributed by atoms with Gasteiger partial charge in [-0.25, -0.2) is 4.39 Å². The number of rotatable bonds is 4. The molecule has 1 N–H and O–H groups in total. The van der Waals surface area contributed by atoms with Gasteiger partial charge >= 0.3 is 5.97 Å². The molecular weight excluding hydrogens is 359 g/mol. The highest BCUT2D eigenvalue weighted by atomic mass is 19.1. The van der Waals surface area contributed by atoms with Crippen LogP contribution < -0.4 is 0 Å². The number of halogens is 1. The highest BCUT2D eigenvalue weighted by molar-refractivity contribution is 6.00. The monoisotopic (exact) mass is 376 g/mol. The second-order valence-corrected chi connectivity index (χ2v) is 6.69. The van der Waals surface area contributed by atoms with Crippen LogP contribution in [0.2, 0.25) is 0 Å². The molecule has 0 saturated heterocycles. The van der Waals surface area contributed by atoms with Crippen LogP contribution in [0.5, 0.6) is 0 Å². The molecule has 1 aliphatic rings. The van der Waals surface area contributed by atoms with E-state index < -0.39 is 17.9 Å². The molecule has 2 heterocycles. The summed E-state index contributed by atoms with van der Waals surface area (Å²) in [6, 6.07) is 15.4. The van der Waals surface area contributed by atoms with Crippen LogP contribution in [0.1, 0.15) is 39.0 Å². The molecule has 2 atom stereocenters. The zero-order valence-electron chi connectivity index (χ0n) is 14.8. The van der Waals surface area contributed by atoms with E-state index in [-0.39, 0.29) is 18.3 Å². The fourth-order valence-corrected chi connectivity index (χ4v) is 3.75. The second-order valence-electron chi connectivity index (χ2n) is 6.69. The third kappa shape index (κ3) is 3.13. The van der Waals surface area contributed by atoms with Crippen LogP contribution in [0.25, 0.3) is 0 Å². The van der Waals surface area contributed by atoms with Gasteiger partial charge in [0.2, 0.25) is 0 Å². The molecule has 1 aromatic heterocycles. The number of hydrogen-bond acceptors (Lipinski definition) is 3. The van der Waals surface area contributed by atoms with Crippen molar-refractivity contribution in [2.75, 3.05) is 0 Å². The average molecular weight is 376 g/mol. The normalized spacial score (nSPS) is 18.6. The molecule has 2 aromatic carbocycles. The Balaban J connectivity index is 1.86. The van der Waals surface area contributed by atoms with Crippen LogP contribution in [-0.4, -0.2) is 26.9 Å². The Morgan fingerprint density at radius 3 is 2.39 bits per heavy atom. The Bertz CT molecular complexity index is 1020. The van der Waals surface area contributed by atoms with E-state index >= 15 is 0 Å². The number of aliphatic carboxylic acids is 1. The van der Waals surface area contributed by atoms with Crippen molar-refractivity contribution in [3.63, 3.8) is 0 Å². The Labute approximate surface area is 161 Å². The van der Waals surface area contributed by atoms with Crippen molar-refractivity contribution in [3.05, 3.63) is 101 Å². The number of carbonyl (C=O) groups excluding carboxylic acids is 1. The maximum atomic E-state index is 13.3. The van der Waals surface area contributed by atoms with Gasteiger partial charge in [-0.2, -0.15) is 0 Å². The first-order valence-electron chi connectivity index (χ1n) is 8.83. The molecule has 3 aromatic rings. The topological polar surface area (TPSA) is 70.5 Å². The maximum absolute atomic E-state index is 13.3. The van der Waals surface area contributed by atoms with Crippen molar-refractivity contribution in [2.24, 2.45) is 0 Å². The lowest BCUT2D eigenvalue weighted by atomic mass is 9.80. The summed E-state index contributed by atoms with van der Waals surface area (Å²) in [5.74, 6) is -2.55. The zero-order chi connectivity index (χ0) is 19.7. The summed E-state index contributed by atoms with van der Waals surface area (Å²) >= 11 is 0. The van der Waals surface area contributed by atoms with Crippen molar-refractivity contribution in [1.29, 1.82) is 0 Å². The van der Waals surface area contributed by atoms with Gasteiger partial charge in [-0.15, -0.1) is 0 Å². The number of carbonyl (C=O) groups is 2. The van der Waals surface area contributed by atoms with Crippen molar-refractivity contribution in [3.8, 4) is 0 Å². The lowest BCUT2D eigenvalue weighted by Gasteiger charge is -2.40.